The Kier molecular flexibility index (Phi) is 5.27. The molecule has 0 radical (unpaired) electrons. The Hall–Kier alpha value is -3.63. The highest BCUT2D eigenvalue weighted by Gasteiger charge is 2.23. The summed E-state index contributed by atoms with van der Waals surface area (Å²) >= 11 is 6.26. The molecule has 0 aliphatic rings. The number of para-hydroxylation sites is 1. The van der Waals surface area contributed by atoms with Crippen LogP contribution in [0.15, 0.2) is 84.9 Å². The van der Waals surface area contributed by atoms with E-state index >= 15 is 0 Å². The molecule has 29 heavy (non-hydrogen) atoms. The van der Waals surface area contributed by atoms with Gasteiger partial charge < -0.3 is 5.11 Å². The van der Waals surface area contributed by atoms with Gasteiger partial charge in [0, 0.05) is 10.6 Å². The molecule has 1 heterocycles. The highest BCUT2D eigenvalue weighted by molar-refractivity contribution is 6.32. The lowest BCUT2D eigenvalue weighted by Crippen LogP contribution is -2.02. The number of rotatable bonds is 5. The van der Waals surface area contributed by atoms with Crippen molar-refractivity contribution >= 4 is 29.7 Å². The van der Waals surface area contributed by atoms with Crippen LogP contribution in [0.3, 0.4) is 0 Å². The second-order valence-electron chi connectivity index (χ2n) is 6.38. The molecule has 0 saturated carbocycles. The number of hydrogen-bond donors (Lipinski definition) is 1. The molecule has 4 rings (SSSR count). The molecule has 3 aromatic carbocycles. The minimum atomic E-state index is -1.04. The standard InChI is InChI=1S/C24H17ClN2O2/c25-20-14-8-7-9-17(20)15-16-21-22(24(28)29)23(18-10-3-1-4-11-18)26-27(21)19-12-5-2-6-13-19/h1-16H,(H,28,29). The minimum absolute atomic E-state index is 0.142. The van der Waals surface area contributed by atoms with Crippen LogP contribution >= 0.6 is 11.6 Å². The first-order valence-electron chi connectivity index (χ1n) is 9.05. The summed E-state index contributed by atoms with van der Waals surface area (Å²) in [6.07, 6.45) is 3.55. The molecule has 0 spiro atoms. The SMILES string of the molecule is O=C(O)c1c(-c2ccccc2)nn(-c2ccccc2)c1C=Cc1ccccc1Cl. The number of carbonyl (C=O) groups is 1. The molecule has 5 heteroatoms. The quantitative estimate of drug-likeness (QED) is 0.443. The van der Waals surface area contributed by atoms with Crippen molar-refractivity contribution in [2.24, 2.45) is 0 Å². The van der Waals surface area contributed by atoms with Crippen molar-refractivity contribution in [1.82, 2.24) is 9.78 Å². The van der Waals surface area contributed by atoms with Crippen molar-refractivity contribution in [3.63, 3.8) is 0 Å². The van der Waals surface area contributed by atoms with Crippen molar-refractivity contribution in [1.29, 1.82) is 0 Å². The molecule has 0 atom stereocenters. The van der Waals surface area contributed by atoms with E-state index in [-0.39, 0.29) is 5.56 Å². The van der Waals surface area contributed by atoms with E-state index in [9.17, 15) is 9.90 Å². The fourth-order valence-corrected chi connectivity index (χ4v) is 3.34. The number of hydrogen-bond acceptors (Lipinski definition) is 2. The maximum atomic E-state index is 12.2. The van der Waals surface area contributed by atoms with Crippen molar-refractivity contribution in [3.8, 4) is 16.9 Å². The van der Waals surface area contributed by atoms with E-state index in [1.807, 2.05) is 78.9 Å². The minimum Gasteiger partial charge on any atom is -0.478 e. The summed E-state index contributed by atoms with van der Waals surface area (Å²) in [6.45, 7) is 0. The molecule has 142 valence electrons. The van der Waals surface area contributed by atoms with Gasteiger partial charge in [-0.25, -0.2) is 9.48 Å². The van der Waals surface area contributed by atoms with Crippen LogP contribution in [0.4, 0.5) is 0 Å². The van der Waals surface area contributed by atoms with Gasteiger partial charge in [0.2, 0.25) is 0 Å². The summed E-state index contributed by atoms with van der Waals surface area (Å²) in [5, 5.41) is 15.3. The van der Waals surface area contributed by atoms with E-state index < -0.39 is 5.97 Å². The van der Waals surface area contributed by atoms with E-state index in [2.05, 4.69) is 5.10 Å². The number of carboxylic acids is 1. The third-order valence-electron chi connectivity index (χ3n) is 4.51. The first-order valence-corrected chi connectivity index (χ1v) is 9.42. The Morgan fingerprint density at radius 1 is 0.862 bits per heavy atom. The molecule has 4 nitrogen and oxygen atoms in total. The van der Waals surface area contributed by atoms with E-state index in [0.717, 1.165) is 16.8 Å². The topological polar surface area (TPSA) is 55.1 Å². The van der Waals surface area contributed by atoms with Crippen LogP contribution in [0, 0.1) is 0 Å². The summed E-state index contributed by atoms with van der Waals surface area (Å²) in [5.74, 6) is -1.04. The van der Waals surface area contributed by atoms with Crippen molar-refractivity contribution < 1.29 is 9.90 Å². The van der Waals surface area contributed by atoms with Gasteiger partial charge >= 0.3 is 5.97 Å². The predicted octanol–water partition coefficient (Wildman–Crippen LogP) is 6.06. The molecule has 0 aliphatic heterocycles. The smallest absolute Gasteiger partial charge is 0.340 e. The van der Waals surface area contributed by atoms with Gasteiger partial charge in [0.15, 0.2) is 0 Å². The zero-order valence-corrected chi connectivity index (χ0v) is 16.1. The van der Waals surface area contributed by atoms with Gasteiger partial charge in [0.05, 0.1) is 11.4 Å². The second kappa shape index (κ2) is 8.17. The van der Waals surface area contributed by atoms with Crippen LogP contribution < -0.4 is 0 Å². The Balaban J connectivity index is 1.95. The summed E-state index contributed by atoms with van der Waals surface area (Å²) in [4.78, 5) is 12.2. The second-order valence-corrected chi connectivity index (χ2v) is 6.79. The van der Waals surface area contributed by atoms with Crippen LogP contribution in [0.25, 0.3) is 29.1 Å². The normalized spacial score (nSPS) is 11.1. The molecule has 0 aliphatic carbocycles. The van der Waals surface area contributed by atoms with Crippen molar-refractivity contribution in [2.45, 2.75) is 0 Å². The molecular weight excluding hydrogens is 384 g/mol. The molecule has 0 amide bonds. The van der Waals surface area contributed by atoms with Gasteiger partial charge in [0.1, 0.15) is 11.3 Å². The van der Waals surface area contributed by atoms with Crippen LogP contribution in [-0.2, 0) is 0 Å². The van der Waals surface area contributed by atoms with Crippen LogP contribution in [-0.4, -0.2) is 20.9 Å². The van der Waals surface area contributed by atoms with Gasteiger partial charge in [-0.2, -0.15) is 5.10 Å². The molecule has 0 unspecified atom stereocenters. The van der Waals surface area contributed by atoms with Crippen LogP contribution in [0.5, 0.6) is 0 Å². The van der Waals surface area contributed by atoms with Crippen LogP contribution in [0.1, 0.15) is 21.6 Å². The molecule has 0 fully saturated rings. The average molecular weight is 401 g/mol. The van der Waals surface area contributed by atoms with Gasteiger partial charge in [-0.05, 0) is 29.8 Å². The fourth-order valence-electron chi connectivity index (χ4n) is 3.14. The maximum Gasteiger partial charge on any atom is 0.340 e. The summed E-state index contributed by atoms with van der Waals surface area (Å²) in [5.41, 5.74) is 3.35. The third-order valence-corrected chi connectivity index (χ3v) is 4.85. The Bertz CT molecular complexity index is 1180. The first kappa shape index (κ1) is 18.7. The number of aromatic carboxylic acids is 1. The van der Waals surface area contributed by atoms with E-state index in [4.69, 9.17) is 11.6 Å². The van der Waals surface area contributed by atoms with Crippen molar-refractivity contribution in [3.05, 3.63) is 107 Å². The monoisotopic (exact) mass is 400 g/mol. The zero-order chi connectivity index (χ0) is 20.2. The molecule has 1 aromatic heterocycles. The number of benzene rings is 3. The fraction of sp³-hybridized carbons (Fsp3) is 0. The lowest BCUT2D eigenvalue weighted by Gasteiger charge is -2.05. The first-order chi connectivity index (χ1) is 14.1. The number of nitrogens with zero attached hydrogens (tertiary/aromatic N) is 2. The predicted molar refractivity (Wildman–Crippen MR) is 116 cm³/mol. The Morgan fingerprint density at radius 2 is 1.48 bits per heavy atom. The third kappa shape index (κ3) is 3.84. The lowest BCUT2D eigenvalue weighted by atomic mass is 10.0. The van der Waals surface area contributed by atoms with Gasteiger partial charge in [-0.3, -0.25) is 0 Å². The van der Waals surface area contributed by atoms with Gasteiger partial charge in [-0.1, -0.05) is 84.4 Å². The number of halogens is 1. The molecule has 1 N–H and O–H groups in total. The van der Waals surface area contributed by atoms with Gasteiger partial charge in [-0.15, -0.1) is 0 Å². The van der Waals surface area contributed by atoms with E-state index in [0.29, 0.717) is 16.4 Å². The summed E-state index contributed by atoms with van der Waals surface area (Å²) < 4.78 is 1.65. The largest absolute Gasteiger partial charge is 0.478 e. The summed E-state index contributed by atoms with van der Waals surface area (Å²) in [6, 6.07) is 26.2. The highest BCUT2D eigenvalue weighted by atomic mass is 35.5. The van der Waals surface area contributed by atoms with E-state index in [1.165, 1.54) is 0 Å². The molecular formula is C24H17ClN2O2. The molecule has 0 saturated heterocycles. The average Bonchev–Trinajstić information content (AvgIpc) is 3.14. The zero-order valence-electron chi connectivity index (χ0n) is 15.4. The molecule has 4 aromatic rings. The molecule has 0 bridgehead atoms. The number of aromatic nitrogens is 2. The Labute approximate surface area is 173 Å². The van der Waals surface area contributed by atoms with Gasteiger partial charge in [0.25, 0.3) is 0 Å². The van der Waals surface area contributed by atoms with Crippen molar-refractivity contribution in [2.75, 3.05) is 0 Å². The highest BCUT2D eigenvalue weighted by Crippen LogP contribution is 2.29. The van der Waals surface area contributed by atoms with E-state index in [1.54, 1.807) is 22.9 Å². The van der Waals surface area contributed by atoms with Crippen LogP contribution in [0.2, 0.25) is 5.02 Å². The maximum absolute atomic E-state index is 12.2. The lowest BCUT2D eigenvalue weighted by molar-refractivity contribution is 0.0697. The number of carboxylic acid groups (broad SMARTS) is 1. The summed E-state index contributed by atoms with van der Waals surface area (Å²) in [7, 11) is 0. The Morgan fingerprint density at radius 3 is 2.14 bits per heavy atom.